The zero-order valence-electron chi connectivity index (χ0n) is 17.0. The van der Waals surface area contributed by atoms with Gasteiger partial charge < -0.3 is 10.1 Å². The standard InChI is InChI=1S/C21H20N6O3S/c1-3-13-6-4-5-7-16(13)22-17(28)12-31-21-25-24-20-23-19(29)18(26-27(20)21)14-8-10-15(30-2)11-9-14/h4-11H,3,12H2,1-2H3,(H,22,28)(H,23,24,29). The van der Waals surface area contributed by atoms with E-state index in [2.05, 4.69) is 25.6 Å². The van der Waals surface area contributed by atoms with Crippen molar-refractivity contribution >= 4 is 29.1 Å². The molecule has 4 rings (SSSR count). The van der Waals surface area contributed by atoms with Crippen LogP contribution in [0.3, 0.4) is 0 Å². The Hall–Kier alpha value is -3.66. The first-order valence-corrected chi connectivity index (χ1v) is 10.6. The van der Waals surface area contributed by atoms with Crippen LogP contribution in [0.15, 0.2) is 58.5 Å². The van der Waals surface area contributed by atoms with E-state index in [9.17, 15) is 9.59 Å². The van der Waals surface area contributed by atoms with Crippen LogP contribution in [0.5, 0.6) is 5.75 Å². The molecule has 0 saturated heterocycles. The van der Waals surface area contributed by atoms with Gasteiger partial charge >= 0.3 is 0 Å². The molecule has 9 nitrogen and oxygen atoms in total. The number of aryl methyl sites for hydroxylation is 1. The average Bonchev–Trinajstić information content (AvgIpc) is 3.19. The third-order valence-corrected chi connectivity index (χ3v) is 5.54. The zero-order valence-corrected chi connectivity index (χ0v) is 17.8. The number of amides is 1. The molecule has 1 amide bonds. The van der Waals surface area contributed by atoms with Gasteiger partial charge in [0, 0.05) is 11.3 Å². The van der Waals surface area contributed by atoms with Crippen molar-refractivity contribution < 1.29 is 9.53 Å². The van der Waals surface area contributed by atoms with Crippen LogP contribution in [0, 0.1) is 0 Å². The van der Waals surface area contributed by atoms with Gasteiger partial charge in [0.15, 0.2) is 5.69 Å². The molecule has 31 heavy (non-hydrogen) atoms. The van der Waals surface area contributed by atoms with Crippen molar-refractivity contribution in [2.75, 3.05) is 18.2 Å². The molecule has 0 spiro atoms. The predicted octanol–water partition coefficient (Wildman–Crippen LogP) is 2.78. The second-order valence-corrected chi connectivity index (χ2v) is 7.54. The van der Waals surface area contributed by atoms with Crippen LogP contribution in [0.25, 0.3) is 17.0 Å². The van der Waals surface area contributed by atoms with Crippen LogP contribution in [0.4, 0.5) is 5.69 Å². The van der Waals surface area contributed by atoms with Crippen molar-refractivity contribution in [3.05, 3.63) is 64.4 Å². The van der Waals surface area contributed by atoms with Gasteiger partial charge in [0.1, 0.15) is 5.75 Å². The lowest BCUT2D eigenvalue weighted by Gasteiger charge is -2.09. The number of thioether (sulfide) groups is 1. The highest BCUT2D eigenvalue weighted by Gasteiger charge is 2.15. The molecule has 0 unspecified atom stereocenters. The molecular weight excluding hydrogens is 416 g/mol. The smallest absolute Gasteiger partial charge is 0.279 e. The maximum atomic E-state index is 12.4. The number of hydrogen-bond donors (Lipinski definition) is 2. The van der Waals surface area contributed by atoms with E-state index < -0.39 is 0 Å². The molecule has 2 N–H and O–H groups in total. The molecule has 0 atom stereocenters. The summed E-state index contributed by atoms with van der Waals surface area (Å²) >= 11 is 1.19. The second kappa shape index (κ2) is 9.00. The van der Waals surface area contributed by atoms with E-state index in [1.807, 2.05) is 31.2 Å². The van der Waals surface area contributed by atoms with Crippen LogP contribution in [-0.2, 0) is 11.2 Å². The van der Waals surface area contributed by atoms with Gasteiger partial charge in [-0.25, -0.2) is 0 Å². The zero-order chi connectivity index (χ0) is 21.8. The van der Waals surface area contributed by atoms with E-state index in [0.717, 1.165) is 17.7 Å². The fourth-order valence-corrected chi connectivity index (χ4v) is 3.71. The predicted molar refractivity (Wildman–Crippen MR) is 119 cm³/mol. The van der Waals surface area contributed by atoms with E-state index in [1.165, 1.54) is 16.3 Å². The molecule has 0 aliphatic carbocycles. The third-order valence-electron chi connectivity index (χ3n) is 4.62. The van der Waals surface area contributed by atoms with E-state index in [-0.39, 0.29) is 28.7 Å². The number of rotatable bonds is 7. The molecule has 0 bridgehead atoms. The number of ether oxygens (including phenoxy) is 1. The van der Waals surface area contributed by atoms with Crippen molar-refractivity contribution in [1.82, 2.24) is 24.8 Å². The first-order valence-electron chi connectivity index (χ1n) is 9.59. The van der Waals surface area contributed by atoms with Gasteiger partial charge in [0.05, 0.1) is 12.9 Å². The van der Waals surface area contributed by atoms with Gasteiger partial charge in [-0.1, -0.05) is 36.9 Å². The number of fused-ring (bicyclic) bond motifs is 1. The number of anilines is 1. The quantitative estimate of drug-likeness (QED) is 0.428. The molecule has 0 aliphatic rings. The monoisotopic (exact) mass is 436 g/mol. The molecule has 2 aromatic heterocycles. The number of carbonyl (C=O) groups is 1. The molecule has 0 fully saturated rings. The Morgan fingerprint density at radius 3 is 2.68 bits per heavy atom. The first kappa shape index (κ1) is 20.6. The molecule has 2 aromatic carbocycles. The van der Waals surface area contributed by atoms with E-state index >= 15 is 0 Å². The minimum atomic E-state index is -0.379. The van der Waals surface area contributed by atoms with E-state index in [4.69, 9.17) is 4.74 Å². The first-order chi connectivity index (χ1) is 15.1. The fourth-order valence-electron chi connectivity index (χ4n) is 3.03. The van der Waals surface area contributed by atoms with Gasteiger partial charge in [0.2, 0.25) is 11.1 Å². The number of nitrogens with one attached hydrogen (secondary N) is 2. The van der Waals surface area contributed by atoms with E-state index in [1.54, 1.807) is 31.4 Å². The normalized spacial score (nSPS) is 10.9. The SMILES string of the molecule is CCc1ccccc1NC(=O)CSc1nnc2[nH]c(=O)c(-c3ccc(OC)cc3)nn12. The highest BCUT2D eigenvalue weighted by atomic mass is 32.2. The number of benzene rings is 2. The summed E-state index contributed by atoms with van der Waals surface area (Å²) in [5.74, 6) is 0.846. The fraction of sp³-hybridized carbons (Fsp3) is 0.190. The second-order valence-electron chi connectivity index (χ2n) is 6.60. The lowest BCUT2D eigenvalue weighted by molar-refractivity contribution is -0.113. The van der Waals surface area contributed by atoms with Crippen LogP contribution >= 0.6 is 11.8 Å². The number of aromatic amines is 1. The average molecular weight is 436 g/mol. The Labute approximate surface area is 181 Å². The van der Waals surface area contributed by atoms with Crippen LogP contribution in [-0.4, -0.2) is 43.6 Å². The molecule has 10 heteroatoms. The number of hydrogen-bond acceptors (Lipinski definition) is 7. The van der Waals surface area contributed by atoms with Gasteiger partial charge in [0.25, 0.3) is 11.3 Å². The maximum Gasteiger partial charge on any atom is 0.279 e. The number of aromatic nitrogens is 5. The molecule has 158 valence electrons. The van der Waals surface area contributed by atoms with Gasteiger partial charge in [-0.15, -0.1) is 10.2 Å². The molecular formula is C21H20N6O3S. The minimum Gasteiger partial charge on any atom is -0.497 e. The third kappa shape index (κ3) is 4.43. The summed E-state index contributed by atoms with van der Waals surface area (Å²) < 4.78 is 6.58. The van der Waals surface area contributed by atoms with Crippen LogP contribution in [0.2, 0.25) is 0 Å². The minimum absolute atomic E-state index is 0.123. The summed E-state index contributed by atoms with van der Waals surface area (Å²) in [6.45, 7) is 2.04. The summed E-state index contributed by atoms with van der Waals surface area (Å²) in [5, 5.41) is 15.7. The number of H-pyrrole nitrogens is 1. The van der Waals surface area contributed by atoms with Gasteiger partial charge in [-0.3, -0.25) is 14.6 Å². The maximum absolute atomic E-state index is 12.4. The Morgan fingerprint density at radius 2 is 1.94 bits per heavy atom. The van der Waals surface area contributed by atoms with Crippen molar-refractivity contribution in [1.29, 1.82) is 0 Å². The lowest BCUT2D eigenvalue weighted by atomic mass is 10.1. The van der Waals surface area contributed by atoms with Gasteiger partial charge in [-0.05, 0) is 42.3 Å². The summed E-state index contributed by atoms with van der Waals surface area (Å²) in [6.07, 6.45) is 0.823. The number of nitrogens with zero attached hydrogens (tertiary/aromatic N) is 4. The molecule has 4 aromatic rings. The summed E-state index contributed by atoms with van der Waals surface area (Å²) in [7, 11) is 1.57. The van der Waals surface area contributed by atoms with Crippen LogP contribution in [0.1, 0.15) is 12.5 Å². The highest BCUT2D eigenvalue weighted by Crippen LogP contribution is 2.21. The Morgan fingerprint density at radius 1 is 1.16 bits per heavy atom. The number of carbonyl (C=O) groups excluding carboxylic acids is 1. The van der Waals surface area contributed by atoms with Crippen molar-refractivity contribution in [2.24, 2.45) is 0 Å². The van der Waals surface area contributed by atoms with Crippen molar-refractivity contribution in [3.63, 3.8) is 0 Å². The topological polar surface area (TPSA) is 114 Å². The Kier molecular flexibility index (Phi) is 5.99. The van der Waals surface area contributed by atoms with Crippen molar-refractivity contribution in [2.45, 2.75) is 18.5 Å². The summed E-state index contributed by atoms with van der Waals surface area (Å²) in [4.78, 5) is 27.5. The van der Waals surface area contributed by atoms with Crippen LogP contribution < -0.4 is 15.6 Å². The van der Waals surface area contributed by atoms with Crippen molar-refractivity contribution in [3.8, 4) is 17.0 Å². The molecule has 0 aliphatic heterocycles. The summed E-state index contributed by atoms with van der Waals surface area (Å²) in [6, 6.07) is 14.7. The Bertz CT molecular complexity index is 1280. The molecule has 2 heterocycles. The van der Waals surface area contributed by atoms with E-state index in [0.29, 0.717) is 16.5 Å². The Balaban J connectivity index is 1.54. The number of para-hydroxylation sites is 1. The summed E-state index contributed by atoms with van der Waals surface area (Å²) in [5.41, 5.74) is 2.33. The largest absolute Gasteiger partial charge is 0.497 e. The molecule has 0 radical (unpaired) electrons. The van der Waals surface area contributed by atoms with Gasteiger partial charge in [-0.2, -0.15) is 9.61 Å². The lowest BCUT2D eigenvalue weighted by Crippen LogP contribution is -2.17. The highest BCUT2D eigenvalue weighted by molar-refractivity contribution is 7.99. The molecule has 0 saturated carbocycles. The number of methoxy groups -OCH3 is 1.